The minimum atomic E-state index is -1.13. The van der Waals surface area contributed by atoms with Crippen LogP contribution >= 0.6 is 0 Å². The first-order valence-corrected chi connectivity index (χ1v) is 8.46. The van der Waals surface area contributed by atoms with Crippen LogP contribution in [-0.2, 0) is 17.9 Å². The number of carboxylic acid groups (broad SMARTS) is 1. The fraction of sp³-hybridized carbons (Fsp3) is 0.167. The van der Waals surface area contributed by atoms with Crippen LogP contribution in [0.3, 0.4) is 0 Å². The van der Waals surface area contributed by atoms with Crippen molar-refractivity contribution < 1.29 is 19.5 Å². The molecule has 28 heavy (non-hydrogen) atoms. The van der Waals surface area contributed by atoms with Crippen molar-refractivity contribution in [2.75, 3.05) is 10.6 Å². The lowest BCUT2D eigenvalue weighted by Crippen LogP contribution is -2.22. The van der Waals surface area contributed by atoms with Crippen molar-refractivity contribution in [3.05, 3.63) is 60.2 Å². The summed E-state index contributed by atoms with van der Waals surface area (Å²) in [7, 11) is 0. The normalized spacial score (nSPS) is 10.5. The van der Waals surface area contributed by atoms with Crippen molar-refractivity contribution in [2.24, 2.45) is 0 Å². The molecule has 0 fully saturated rings. The zero-order valence-electron chi connectivity index (χ0n) is 15.0. The second-order valence-corrected chi connectivity index (χ2v) is 5.79. The summed E-state index contributed by atoms with van der Waals surface area (Å²) in [6.45, 7) is 1.89. The first-order chi connectivity index (χ1) is 13.5. The van der Waals surface area contributed by atoms with Gasteiger partial charge in [-0.2, -0.15) is 10.2 Å². The van der Waals surface area contributed by atoms with E-state index in [9.17, 15) is 14.4 Å². The van der Waals surface area contributed by atoms with E-state index in [1.54, 1.807) is 24.3 Å². The van der Waals surface area contributed by atoms with Gasteiger partial charge in [0.1, 0.15) is 12.2 Å². The van der Waals surface area contributed by atoms with Gasteiger partial charge in [0.2, 0.25) is 0 Å². The van der Waals surface area contributed by atoms with Gasteiger partial charge in [0, 0.05) is 24.6 Å². The zero-order chi connectivity index (χ0) is 20.1. The summed E-state index contributed by atoms with van der Waals surface area (Å²) >= 11 is 0. The Kier molecular flexibility index (Phi) is 5.49. The van der Waals surface area contributed by atoms with Gasteiger partial charge >= 0.3 is 5.97 Å². The number of para-hydroxylation sites is 1. The standard InChI is InChI=1S/C18H18N6O4/c1-2-23-10-13(16(22-23)18(28)20-12-6-4-3-5-7-12)21-17(27)14-8-9-19-24(14)11-15(25)26/h3-10H,2,11H2,1H3,(H,20,28)(H,21,27)(H,25,26). The minimum Gasteiger partial charge on any atom is -0.480 e. The highest BCUT2D eigenvalue weighted by Gasteiger charge is 2.21. The molecule has 10 nitrogen and oxygen atoms in total. The Balaban J connectivity index is 1.83. The van der Waals surface area contributed by atoms with Crippen LogP contribution in [0, 0.1) is 0 Å². The molecule has 0 saturated heterocycles. The van der Waals surface area contributed by atoms with Gasteiger partial charge in [0.25, 0.3) is 11.8 Å². The average Bonchev–Trinajstić information content (AvgIpc) is 3.28. The van der Waals surface area contributed by atoms with Gasteiger partial charge in [-0.1, -0.05) is 18.2 Å². The number of aliphatic carboxylic acids is 1. The van der Waals surface area contributed by atoms with Crippen LogP contribution in [0.15, 0.2) is 48.8 Å². The Bertz CT molecular complexity index is 1010. The molecule has 3 aromatic rings. The van der Waals surface area contributed by atoms with Gasteiger partial charge in [-0.05, 0) is 25.1 Å². The Morgan fingerprint density at radius 1 is 1.07 bits per heavy atom. The Labute approximate surface area is 159 Å². The molecule has 0 bridgehead atoms. The predicted octanol–water partition coefficient (Wildman–Crippen LogP) is 1.69. The minimum absolute atomic E-state index is 0.0448. The second-order valence-electron chi connectivity index (χ2n) is 5.79. The molecular weight excluding hydrogens is 364 g/mol. The van der Waals surface area contributed by atoms with E-state index < -0.39 is 24.3 Å². The molecule has 1 aromatic carbocycles. The van der Waals surface area contributed by atoms with Crippen molar-refractivity contribution in [3.8, 4) is 0 Å². The lowest BCUT2D eigenvalue weighted by molar-refractivity contribution is -0.137. The number of carboxylic acids is 1. The summed E-state index contributed by atoms with van der Waals surface area (Å²) in [4.78, 5) is 36.1. The average molecular weight is 382 g/mol. The number of rotatable bonds is 7. The Morgan fingerprint density at radius 3 is 2.50 bits per heavy atom. The maximum atomic E-state index is 12.6. The number of aromatic nitrogens is 4. The highest BCUT2D eigenvalue weighted by atomic mass is 16.4. The van der Waals surface area contributed by atoms with Gasteiger partial charge in [0.15, 0.2) is 5.69 Å². The number of hydrogen-bond acceptors (Lipinski definition) is 5. The summed E-state index contributed by atoms with van der Waals surface area (Å²) in [5.74, 6) is -2.20. The number of aryl methyl sites for hydroxylation is 1. The summed E-state index contributed by atoms with van der Waals surface area (Å²) in [5.41, 5.74) is 0.906. The van der Waals surface area contributed by atoms with Crippen molar-refractivity contribution in [1.29, 1.82) is 0 Å². The molecule has 0 unspecified atom stereocenters. The topological polar surface area (TPSA) is 131 Å². The second kappa shape index (κ2) is 8.16. The molecule has 0 atom stereocenters. The molecule has 2 amide bonds. The molecule has 10 heteroatoms. The van der Waals surface area contributed by atoms with Crippen molar-refractivity contribution in [3.63, 3.8) is 0 Å². The molecule has 0 spiro atoms. The van der Waals surface area contributed by atoms with Crippen molar-refractivity contribution in [1.82, 2.24) is 19.6 Å². The number of carbonyl (C=O) groups excluding carboxylic acids is 2. The number of nitrogens with one attached hydrogen (secondary N) is 2. The third-order valence-electron chi connectivity index (χ3n) is 3.81. The smallest absolute Gasteiger partial charge is 0.325 e. The maximum absolute atomic E-state index is 12.6. The van der Waals surface area contributed by atoms with E-state index in [1.807, 2.05) is 13.0 Å². The molecule has 3 rings (SSSR count). The predicted molar refractivity (Wildman–Crippen MR) is 100 cm³/mol. The zero-order valence-corrected chi connectivity index (χ0v) is 15.0. The van der Waals surface area contributed by atoms with Gasteiger partial charge in [-0.15, -0.1) is 0 Å². The highest BCUT2D eigenvalue weighted by Crippen LogP contribution is 2.18. The van der Waals surface area contributed by atoms with Crippen LogP contribution < -0.4 is 10.6 Å². The molecule has 2 heterocycles. The fourth-order valence-corrected chi connectivity index (χ4v) is 2.52. The van der Waals surface area contributed by atoms with Gasteiger partial charge in [0.05, 0.1) is 5.69 Å². The van der Waals surface area contributed by atoms with E-state index in [-0.39, 0.29) is 17.1 Å². The molecule has 0 saturated carbocycles. The largest absolute Gasteiger partial charge is 0.480 e. The van der Waals surface area contributed by atoms with Gasteiger partial charge < -0.3 is 15.7 Å². The van der Waals surface area contributed by atoms with E-state index in [0.717, 1.165) is 4.68 Å². The van der Waals surface area contributed by atoms with Crippen LogP contribution in [0.25, 0.3) is 0 Å². The quantitative estimate of drug-likeness (QED) is 0.570. The number of nitrogens with zero attached hydrogens (tertiary/aromatic N) is 4. The van der Waals surface area contributed by atoms with E-state index in [0.29, 0.717) is 12.2 Å². The molecule has 3 N–H and O–H groups in total. The molecule has 0 aliphatic carbocycles. The Morgan fingerprint density at radius 2 is 1.82 bits per heavy atom. The first-order valence-electron chi connectivity index (χ1n) is 8.46. The van der Waals surface area contributed by atoms with E-state index in [2.05, 4.69) is 20.8 Å². The lowest BCUT2D eigenvalue weighted by atomic mass is 10.3. The first kappa shape index (κ1) is 18.8. The third-order valence-corrected chi connectivity index (χ3v) is 3.81. The van der Waals surface area contributed by atoms with Gasteiger partial charge in [-0.25, -0.2) is 4.68 Å². The number of hydrogen-bond donors (Lipinski definition) is 3. The third kappa shape index (κ3) is 4.23. The molecule has 2 aromatic heterocycles. The fourth-order valence-electron chi connectivity index (χ4n) is 2.52. The van der Waals surface area contributed by atoms with Crippen LogP contribution in [0.1, 0.15) is 27.9 Å². The molecule has 0 aliphatic heterocycles. The van der Waals surface area contributed by atoms with Crippen LogP contribution in [0.2, 0.25) is 0 Å². The van der Waals surface area contributed by atoms with Crippen LogP contribution in [-0.4, -0.2) is 42.5 Å². The maximum Gasteiger partial charge on any atom is 0.325 e. The molecule has 0 radical (unpaired) electrons. The summed E-state index contributed by atoms with van der Waals surface area (Å²) in [5, 5.41) is 22.3. The highest BCUT2D eigenvalue weighted by molar-refractivity contribution is 6.11. The van der Waals surface area contributed by atoms with E-state index >= 15 is 0 Å². The van der Waals surface area contributed by atoms with Crippen LogP contribution in [0.4, 0.5) is 11.4 Å². The van der Waals surface area contributed by atoms with Crippen LogP contribution in [0.5, 0.6) is 0 Å². The number of anilines is 2. The van der Waals surface area contributed by atoms with E-state index in [1.165, 1.54) is 23.1 Å². The summed E-state index contributed by atoms with van der Waals surface area (Å²) < 4.78 is 2.58. The van der Waals surface area contributed by atoms with E-state index in [4.69, 9.17) is 5.11 Å². The lowest BCUT2D eigenvalue weighted by Gasteiger charge is -2.07. The molecule has 0 aliphatic rings. The molecule has 144 valence electrons. The summed E-state index contributed by atoms with van der Waals surface area (Å²) in [6.07, 6.45) is 2.87. The molecular formula is C18H18N6O4. The Hall–Kier alpha value is -3.95. The van der Waals surface area contributed by atoms with Crippen molar-refractivity contribution >= 4 is 29.2 Å². The number of carbonyl (C=O) groups is 3. The van der Waals surface area contributed by atoms with Gasteiger partial charge in [-0.3, -0.25) is 19.1 Å². The summed E-state index contributed by atoms with van der Waals surface area (Å²) in [6, 6.07) is 10.3. The monoisotopic (exact) mass is 382 g/mol. The number of benzene rings is 1. The van der Waals surface area contributed by atoms with Crippen molar-refractivity contribution in [2.45, 2.75) is 20.0 Å². The number of amides is 2. The SMILES string of the molecule is CCn1cc(NC(=O)c2ccnn2CC(=O)O)c(C(=O)Nc2ccccc2)n1.